The Bertz CT molecular complexity index is 418. The maximum atomic E-state index is 3.70. The quantitative estimate of drug-likeness (QED) is 0.821. The highest BCUT2D eigenvalue weighted by molar-refractivity contribution is 9.10. The van der Waals surface area contributed by atoms with Gasteiger partial charge < -0.3 is 10.2 Å². The van der Waals surface area contributed by atoms with E-state index < -0.39 is 0 Å². The highest BCUT2D eigenvalue weighted by Gasteiger charge is 2.28. The van der Waals surface area contributed by atoms with E-state index in [0.717, 1.165) is 29.4 Å². The average molecular weight is 353 g/mol. The first-order valence-electron chi connectivity index (χ1n) is 8.24. The van der Waals surface area contributed by atoms with Crippen molar-refractivity contribution < 1.29 is 0 Å². The van der Waals surface area contributed by atoms with E-state index in [1.807, 2.05) is 0 Å². The van der Waals surface area contributed by atoms with E-state index in [2.05, 4.69) is 71.3 Å². The summed E-state index contributed by atoms with van der Waals surface area (Å²) < 4.78 is 1.15. The van der Waals surface area contributed by atoms with Crippen LogP contribution in [-0.4, -0.2) is 31.1 Å². The van der Waals surface area contributed by atoms with Crippen molar-refractivity contribution in [3.63, 3.8) is 0 Å². The Balaban J connectivity index is 1.89. The Morgan fingerprint density at radius 3 is 2.62 bits per heavy atom. The first-order valence-corrected chi connectivity index (χ1v) is 9.04. The van der Waals surface area contributed by atoms with Gasteiger partial charge in [0.2, 0.25) is 0 Å². The molecule has 0 heterocycles. The van der Waals surface area contributed by atoms with Crippen LogP contribution in [0.5, 0.6) is 0 Å². The molecule has 3 heteroatoms. The van der Waals surface area contributed by atoms with Crippen LogP contribution in [0, 0.1) is 11.8 Å². The third kappa shape index (κ3) is 5.39. The number of rotatable bonds is 6. The molecule has 1 saturated carbocycles. The smallest absolute Gasteiger partial charge is 0.0230 e. The van der Waals surface area contributed by atoms with E-state index in [0.29, 0.717) is 6.04 Å². The number of hydrogen-bond donors (Lipinski definition) is 1. The van der Waals surface area contributed by atoms with Gasteiger partial charge in [-0.2, -0.15) is 0 Å². The van der Waals surface area contributed by atoms with Crippen LogP contribution in [0.2, 0.25) is 0 Å². The lowest BCUT2D eigenvalue weighted by molar-refractivity contribution is 0.158. The van der Waals surface area contributed by atoms with Gasteiger partial charge in [0, 0.05) is 23.6 Å². The number of benzene rings is 1. The molecule has 2 rings (SSSR count). The zero-order chi connectivity index (χ0) is 15.2. The molecule has 2 nitrogen and oxygen atoms in total. The van der Waals surface area contributed by atoms with Crippen LogP contribution in [0.25, 0.3) is 0 Å². The number of nitrogens with one attached hydrogen (secondary N) is 1. The molecule has 118 valence electrons. The minimum Gasteiger partial charge on any atom is -0.314 e. The van der Waals surface area contributed by atoms with E-state index >= 15 is 0 Å². The SMILES string of the molecule is CCNC1CCC(C)CC1CN(C)Cc1ccc(Br)cc1. The lowest BCUT2D eigenvalue weighted by Gasteiger charge is -2.37. The van der Waals surface area contributed by atoms with Crippen molar-refractivity contribution in [3.05, 3.63) is 34.3 Å². The fraction of sp³-hybridized carbons (Fsp3) is 0.667. The molecule has 1 N–H and O–H groups in total. The van der Waals surface area contributed by atoms with E-state index in [1.165, 1.54) is 31.4 Å². The van der Waals surface area contributed by atoms with Crippen molar-refractivity contribution in [2.75, 3.05) is 20.1 Å². The van der Waals surface area contributed by atoms with Gasteiger partial charge in [0.25, 0.3) is 0 Å². The molecule has 1 aromatic carbocycles. The van der Waals surface area contributed by atoms with Gasteiger partial charge >= 0.3 is 0 Å². The zero-order valence-corrected chi connectivity index (χ0v) is 15.2. The van der Waals surface area contributed by atoms with Crippen LogP contribution >= 0.6 is 15.9 Å². The summed E-state index contributed by atoms with van der Waals surface area (Å²) in [6, 6.07) is 9.40. The topological polar surface area (TPSA) is 15.3 Å². The monoisotopic (exact) mass is 352 g/mol. The van der Waals surface area contributed by atoms with Crippen molar-refractivity contribution in [1.82, 2.24) is 10.2 Å². The fourth-order valence-electron chi connectivity index (χ4n) is 3.60. The number of nitrogens with zero attached hydrogens (tertiary/aromatic N) is 1. The van der Waals surface area contributed by atoms with Gasteiger partial charge in [-0.1, -0.05) is 41.9 Å². The van der Waals surface area contributed by atoms with Crippen LogP contribution in [-0.2, 0) is 6.54 Å². The molecule has 1 aromatic rings. The summed E-state index contributed by atoms with van der Waals surface area (Å²) >= 11 is 3.50. The summed E-state index contributed by atoms with van der Waals surface area (Å²) in [6.07, 6.45) is 4.08. The molecular formula is C18H29BrN2. The van der Waals surface area contributed by atoms with Gasteiger partial charge in [-0.05, 0) is 62.4 Å². The van der Waals surface area contributed by atoms with Crippen molar-refractivity contribution in [2.45, 2.75) is 45.7 Å². The van der Waals surface area contributed by atoms with E-state index in [-0.39, 0.29) is 0 Å². The third-order valence-corrected chi connectivity index (χ3v) is 5.15. The molecule has 0 bridgehead atoms. The summed E-state index contributed by atoms with van der Waals surface area (Å²) in [6.45, 7) is 7.95. The van der Waals surface area contributed by atoms with Gasteiger partial charge in [-0.15, -0.1) is 0 Å². The van der Waals surface area contributed by atoms with Crippen molar-refractivity contribution in [2.24, 2.45) is 11.8 Å². The van der Waals surface area contributed by atoms with Crippen molar-refractivity contribution >= 4 is 15.9 Å². The second kappa shape index (κ2) is 8.30. The van der Waals surface area contributed by atoms with Gasteiger partial charge in [-0.25, -0.2) is 0 Å². The minimum absolute atomic E-state index is 0.707. The Morgan fingerprint density at radius 1 is 1.24 bits per heavy atom. The number of halogens is 1. The Kier molecular flexibility index (Phi) is 6.72. The van der Waals surface area contributed by atoms with E-state index in [4.69, 9.17) is 0 Å². The van der Waals surface area contributed by atoms with Crippen LogP contribution in [0.4, 0.5) is 0 Å². The largest absolute Gasteiger partial charge is 0.314 e. The van der Waals surface area contributed by atoms with Crippen LogP contribution in [0.15, 0.2) is 28.7 Å². The molecule has 0 aliphatic heterocycles. The maximum Gasteiger partial charge on any atom is 0.0230 e. The minimum atomic E-state index is 0.707. The van der Waals surface area contributed by atoms with Gasteiger partial charge in [-0.3, -0.25) is 0 Å². The average Bonchev–Trinajstić information content (AvgIpc) is 2.44. The molecule has 1 aliphatic rings. The first-order chi connectivity index (χ1) is 10.1. The van der Waals surface area contributed by atoms with E-state index in [1.54, 1.807) is 0 Å². The second-order valence-corrected chi connectivity index (χ2v) is 7.58. The van der Waals surface area contributed by atoms with Gasteiger partial charge in [0.15, 0.2) is 0 Å². The second-order valence-electron chi connectivity index (χ2n) is 6.67. The highest BCUT2D eigenvalue weighted by Crippen LogP contribution is 2.29. The molecule has 0 amide bonds. The molecular weight excluding hydrogens is 324 g/mol. The molecule has 1 aliphatic carbocycles. The molecule has 0 saturated heterocycles. The molecule has 3 atom stereocenters. The van der Waals surface area contributed by atoms with Crippen LogP contribution in [0.3, 0.4) is 0 Å². The van der Waals surface area contributed by atoms with Crippen LogP contribution in [0.1, 0.15) is 38.7 Å². The standard InChI is InChI=1S/C18H29BrN2/c1-4-20-18-10-5-14(2)11-16(18)13-21(3)12-15-6-8-17(19)9-7-15/h6-9,14,16,18,20H,4-5,10-13H2,1-3H3. The normalized spacial score (nSPS) is 26.2. The van der Waals surface area contributed by atoms with E-state index in [9.17, 15) is 0 Å². The third-order valence-electron chi connectivity index (χ3n) is 4.62. The summed E-state index contributed by atoms with van der Waals surface area (Å²) in [7, 11) is 2.25. The van der Waals surface area contributed by atoms with Gasteiger partial charge in [0.05, 0.1) is 0 Å². The first kappa shape index (κ1) is 17.0. The number of hydrogen-bond acceptors (Lipinski definition) is 2. The fourth-order valence-corrected chi connectivity index (χ4v) is 3.86. The summed E-state index contributed by atoms with van der Waals surface area (Å²) in [5.74, 6) is 1.67. The molecule has 21 heavy (non-hydrogen) atoms. The van der Waals surface area contributed by atoms with Crippen LogP contribution < -0.4 is 5.32 Å². The lowest BCUT2D eigenvalue weighted by Crippen LogP contribution is -2.44. The molecule has 0 spiro atoms. The molecule has 0 radical (unpaired) electrons. The summed E-state index contributed by atoms with van der Waals surface area (Å²) in [5, 5.41) is 3.70. The predicted octanol–water partition coefficient (Wildman–Crippen LogP) is 4.30. The maximum absolute atomic E-state index is 3.70. The van der Waals surface area contributed by atoms with Crippen molar-refractivity contribution in [3.8, 4) is 0 Å². The molecule has 1 fully saturated rings. The predicted molar refractivity (Wildman–Crippen MR) is 94.4 cm³/mol. The van der Waals surface area contributed by atoms with Crippen molar-refractivity contribution in [1.29, 1.82) is 0 Å². The Labute approximate surface area is 138 Å². The van der Waals surface area contributed by atoms with Gasteiger partial charge in [0.1, 0.15) is 0 Å². The summed E-state index contributed by atoms with van der Waals surface area (Å²) in [5.41, 5.74) is 1.39. The molecule has 3 unspecified atom stereocenters. The Morgan fingerprint density at radius 2 is 1.95 bits per heavy atom. The highest BCUT2D eigenvalue weighted by atomic mass is 79.9. The molecule has 0 aromatic heterocycles. The Hall–Kier alpha value is -0.380. The lowest BCUT2D eigenvalue weighted by atomic mass is 9.78. The summed E-state index contributed by atoms with van der Waals surface area (Å²) in [4.78, 5) is 2.48. The zero-order valence-electron chi connectivity index (χ0n) is 13.6.